The van der Waals surface area contributed by atoms with Gasteiger partial charge in [-0.2, -0.15) is 0 Å². The molecule has 1 aliphatic heterocycles. The lowest BCUT2D eigenvalue weighted by atomic mass is 9.85. The molecule has 0 saturated carbocycles. The zero-order valence-corrected chi connectivity index (χ0v) is 13.7. The molecular formula is C20H23F2NO. The molecule has 0 amide bonds. The first-order valence-corrected chi connectivity index (χ1v) is 8.46. The summed E-state index contributed by atoms with van der Waals surface area (Å²) in [5.74, 6) is -0.455. The monoisotopic (exact) mass is 331 g/mol. The van der Waals surface area contributed by atoms with Gasteiger partial charge in [0.2, 0.25) is 0 Å². The molecule has 128 valence electrons. The molecule has 0 radical (unpaired) electrons. The highest BCUT2D eigenvalue weighted by molar-refractivity contribution is 5.19. The Hall–Kier alpha value is -1.78. The molecule has 0 aromatic heterocycles. The van der Waals surface area contributed by atoms with Gasteiger partial charge in [0.15, 0.2) is 0 Å². The lowest BCUT2D eigenvalue weighted by Crippen LogP contribution is -2.46. The van der Waals surface area contributed by atoms with Crippen LogP contribution in [0.1, 0.15) is 24.0 Å². The van der Waals surface area contributed by atoms with Crippen LogP contribution in [0.2, 0.25) is 0 Å². The third kappa shape index (κ3) is 4.62. The fraction of sp³-hybridized carbons (Fsp3) is 0.400. The molecule has 1 fully saturated rings. The summed E-state index contributed by atoms with van der Waals surface area (Å²) < 4.78 is 25.9. The summed E-state index contributed by atoms with van der Waals surface area (Å²) in [4.78, 5) is 2.34. The number of nitrogens with zero attached hydrogens (tertiary/aromatic N) is 1. The summed E-state index contributed by atoms with van der Waals surface area (Å²) in [5, 5.41) is 10.8. The highest BCUT2D eigenvalue weighted by atomic mass is 19.1. The molecule has 3 rings (SSSR count). The van der Waals surface area contributed by atoms with Crippen LogP contribution in [0.25, 0.3) is 0 Å². The molecule has 1 saturated heterocycles. The van der Waals surface area contributed by atoms with Crippen molar-refractivity contribution in [3.05, 3.63) is 71.3 Å². The van der Waals surface area contributed by atoms with E-state index in [0.717, 1.165) is 37.2 Å². The predicted molar refractivity (Wildman–Crippen MR) is 90.8 cm³/mol. The zero-order valence-electron chi connectivity index (χ0n) is 13.7. The molecule has 0 unspecified atom stereocenters. The number of hydrogen-bond donors (Lipinski definition) is 1. The first-order chi connectivity index (χ1) is 11.5. The minimum atomic E-state index is -0.704. The van der Waals surface area contributed by atoms with Crippen molar-refractivity contribution in [2.45, 2.75) is 31.3 Å². The summed E-state index contributed by atoms with van der Waals surface area (Å²) in [6.45, 7) is 2.61. The van der Waals surface area contributed by atoms with Crippen molar-refractivity contribution in [1.82, 2.24) is 4.90 Å². The molecule has 2 aromatic rings. The molecule has 0 atom stereocenters. The van der Waals surface area contributed by atoms with E-state index in [9.17, 15) is 13.9 Å². The van der Waals surface area contributed by atoms with E-state index in [-0.39, 0.29) is 11.6 Å². The lowest BCUT2D eigenvalue weighted by Gasteiger charge is -2.38. The average Bonchev–Trinajstić information content (AvgIpc) is 2.58. The molecular weight excluding hydrogens is 308 g/mol. The summed E-state index contributed by atoms with van der Waals surface area (Å²) in [6, 6.07) is 13.0. The maximum Gasteiger partial charge on any atom is 0.123 e. The Labute approximate surface area is 141 Å². The Morgan fingerprint density at radius 2 is 1.33 bits per heavy atom. The summed E-state index contributed by atoms with van der Waals surface area (Å²) in [6.07, 6.45) is 2.89. The highest BCUT2D eigenvalue weighted by Crippen LogP contribution is 2.26. The van der Waals surface area contributed by atoms with Crippen molar-refractivity contribution in [3.63, 3.8) is 0 Å². The van der Waals surface area contributed by atoms with Gasteiger partial charge in [-0.15, -0.1) is 0 Å². The number of hydrogen-bond acceptors (Lipinski definition) is 2. The zero-order chi connectivity index (χ0) is 17.0. The number of benzene rings is 2. The molecule has 2 nitrogen and oxygen atoms in total. The van der Waals surface area contributed by atoms with Crippen LogP contribution in [0.3, 0.4) is 0 Å². The number of likely N-dealkylation sites (tertiary alicyclic amines) is 1. The van der Waals surface area contributed by atoms with E-state index < -0.39 is 5.60 Å². The molecule has 1 aliphatic rings. The van der Waals surface area contributed by atoms with Crippen LogP contribution in [-0.2, 0) is 12.8 Å². The van der Waals surface area contributed by atoms with Gasteiger partial charge in [0.05, 0.1) is 5.60 Å². The smallest absolute Gasteiger partial charge is 0.123 e. The Balaban J connectivity index is 1.47. The van der Waals surface area contributed by atoms with Gasteiger partial charge in [-0.05, 0) is 54.7 Å². The maximum atomic E-state index is 13.0. The molecule has 2 aromatic carbocycles. The standard InChI is InChI=1S/C20H23F2NO/c21-18-5-1-16(2-6-18)9-12-23-13-10-20(24,11-14-23)15-17-3-7-19(22)8-4-17/h1-8,24H,9-15H2. The van der Waals surface area contributed by atoms with Crippen molar-refractivity contribution in [2.24, 2.45) is 0 Å². The minimum absolute atomic E-state index is 0.206. The van der Waals surface area contributed by atoms with Gasteiger partial charge < -0.3 is 10.0 Å². The molecule has 0 bridgehead atoms. The second-order valence-electron chi connectivity index (χ2n) is 6.75. The van der Waals surface area contributed by atoms with E-state index in [0.29, 0.717) is 19.3 Å². The van der Waals surface area contributed by atoms with Crippen LogP contribution in [0.5, 0.6) is 0 Å². The molecule has 24 heavy (non-hydrogen) atoms. The second kappa shape index (κ2) is 7.41. The van der Waals surface area contributed by atoms with E-state index in [1.54, 1.807) is 12.1 Å². The van der Waals surface area contributed by atoms with Crippen molar-refractivity contribution in [2.75, 3.05) is 19.6 Å². The van der Waals surface area contributed by atoms with Gasteiger partial charge in [0, 0.05) is 26.1 Å². The molecule has 1 N–H and O–H groups in total. The van der Waals surface area contributed by atoms with Crippen molar-refractivity contribution in [3.8, 4) is 0 Å². The Bertz CT molecular complexity index is 646. The summed E-state index contributed by atoms with van der Waals surface area (Å²) in [5.41, 5.74) is 1.40. The lowest BCUT2D eigenvalue weighted by molar-refractivity contribution is -0.0203. The third-order valence-electron chi connectivity index (χ3n) is 4.86. The van der Waals surface area contributed by atoms with Crippen LogP contribution in [0.4, 0.5) is 8.78 Å². The fourth-order valence-electron chi connectivity index (χ4n) is 3.29. The van der Waals surface area contributed by atoms with E-state index in [1.165, 1.54) is 24.3 Å². The van der Waals surface area contributed by atoms with Gasteiger partial charge in [0.1, 0.15) is 11.6 Å². The SMILES string of the molecule is OC1(Cc2ccc(F)cc2)CCN(CCc2ccc(F)cc2)CC1. The Morgan fingerprint density at radius 1 is 0.833 bits per heavy atom. The van der Waals surface area contributed by atoms with Crippen molar-refractivity contribution < 1.29 is 13.9 Å². The molecule has 4 heteroatoms. The topological polar surface area (TPSA) is 23.5 Å². The van der Waals surface area contributed by atoms with Crippen LogP contribution in [0.15, 0.2) is 48.5 Å². The largest absolute Gasteiger partial charge is 0.389 e. The van der Waals surface area contributed by atoms with Gasteiger partial charge in [-0.3, -0.25) is 0 Å². The third-order valence-corrected chi connectivity index (χ3v) is 4.86. The van der Waals surface area contributed by atoms with E-state index in [1.807, 2.05) is 12.1 Å². The summed E-state index contributed by atoms with van der Waals surface area (Å²) >= 11 is 0. The maximum absolute atomic E-state index is 13.0. The van der Waals surface area contributed by atoms with Crippen molar-refractivity contribution in [1.29, 1.82) is 0 Å². The average molecular weight is 331 g/mol. The van der Waals surface area contributed by atoms with E-state index in [4.69, 9.17) is 0 Å². The molecule has 0 aliphatic carbocycles. The molecule has 0 spiro atoms. The number of rotatable bonds is 5. The predicted octanol–water partition coefficient (Wildman–Crippen LogP) is 3.58. The molecule has 1 heterocycles. The van der Waals surface area contributed by atoms with Gasteiger partial charge in [-0.1, -0.05) is 24.3 Å². The van der Waals surface area contributed by atoms with Crippen LogP contribution >= 0.6 is 0 Å². The van der Waals surface area contributed by atoms with Gasteiger partial charge >= 0.3 is 0 Å². The first-order valence-electron chi connectivity index (χ1n) is 8.46. The van der Waals surface area contributed by atoms with E-state index in [2.05, 4.69) is 4.90 Å². The number of halogens is 2. The number of piperidine rings is 1. The first kappa shape index (κ1) is 17.1. The fourth-order valence-corrected chi connectivity index (χ4v) is 3.29. The summed E-state index contributed by atoms with van der Waals surface area (Å²) in [7, 11) is 0. The van der Waals surface area contributed by atoms with Crippen molar-refractivity contribution >= 4 is 0 Å². The van der Waals surface area contributed by atoms with Crippen LogP contribution in [-0.4, -0.2) is 35.2 Å². The van der Waals surface area contributed by atoms with Crippen LogP contribution < -0.4 is 0 Å². The normalized spacial score (nSPS) is 17.8. The Kier molecular flexibility index (Phi) is 5.27. The van der Waals surface area contributed by atoms with Crippen LogP contribution in [0, 0.1) is 11.6 Å². The quantitative estimate of drug-likeness (QED) is 0.905. The highest BCUT2D eigenvalue weighted by Gasteiger charge is 2.32. The minimum Gasteiger partial charge on any atom is -0.389 e. The van der Waals surface area contributed by atoms with Gasteiger partial charge in [0.25, 0.3) is 0 Å². The van der Waals surface area contributed by atoms with E-state index >= 15 is 0 Å². The second-order valence-corrected chi connectivity index (χ2v) is 6.75. The van der Waals surface area contributed by atoms with Gasteiger partial charge in [-0.25, -0.2) is 8.78 Å². The number of aliphatic hydroxyl groups is 1. The Morgan fingerprint density at radius 3 is 1.88 bits per heavy atom.